The summed E-state index contributed by atoms with van der Waals surface area (Å²) in [5.74, 6) is 0.844. The molecule has 1 amide bonds. The first-order valence-electron chi connectivity index (χ1n) is 9.44. The maximum absolute atomic E-state index is 12.8. The second-order valence-electron chi connectivity index (χ2n) is 7.05. The third-order valence-electron chi connectivity index (χ3n) is 4.71. The first-order valence-corrected chi connectivity index (χ1v) is 9.44. The Bertz CT molecular complexity index is 1140. The summed E-state index contributed by atoms with van der Waals surface area (Å²) < 4.78 is 6.40. The van der Waals surface area contributed by atoms with Gasteiger partial charge in [-0.15, -0.1) is 5.10 Å². The second kappa shape index (κ2) is 7.82. The van der Waals surface area contributed by atoms with Gasteiger partial charge in [0.1, 0.15) is 11.4 Å². The molecule has 2 aromatic carbocycles. The Hall–Kier alpha value is -3.94. The van der Waals surface area contributed by atoms with Crippen LogP contribution in [0.2, 0.25) is 0 Å². The minimum absolute atomic E-state index is 0.183. The predicted molar refractivity (Wildman–Crippen MR) is 116 cm³/mol. The number of aromatic nitrogens is 2. The number of fused-ring (bicyclic) bond motifs is 1. The molecule has 0 atom stereocenters. The van der Waals surface area contributed by atoms with Crippen molar-refractivity contribution in [2.75, 3.05) is 17.7 Å². The van der Waals surface area contributed by atoms with Crippen molar-refractivity contribution < 1.29 is 14.3 Å². The van der Waals surface area contributed by atoms with Crippen molar-refractivity contribution in [1.82, 2.24) is 9.78 Å². The van der Waals surface area contributed by atoms with E-state index in [1.807, 2.05) is 31.2 Å². The first kappa shape index (κ1) is 19.4. The highest BCUT2D eigenvalue weighted by atomic mass is 16.5. The fraction of sp³-hybridized carbons (Fsp3) is 0.182. The Morgan fingerprint density at radius 2 is 1.77 bits per heavy atom. The Morgan fingerprint density at radius 1 is 1.07 bits per heavy atom. The molecule has 0 radical (unpaired) electrons. The van der Waals surface area contributed by atoms with Crippen molar-refractivity contribution in [2.45, 2.75) is 20.3 Å². The number of aryl methyl sites for hydroxylation is 1. The van der Waals surface area contributed by atoms with E-state index >= 15 is 0 Å². The van der Waals surface area contributed by atoms with Gasteiger partial charge in [0.05, 0.1) is 13.5 Å². The molecule has 0 saturated carbocycles. The van der Waals surface area contributed by atoms with Crippen LogP contribution in [0.15, 0.2) is 53.5 Å². The van der Waals surface area contributed by atoms with Gasteiger partial charge in [0.2, 0.25) is 0 Å². The van der Waals surface area contributed by atoms with E-state index in [0.717, 1.165) is 11.3 Å². The van der Waals surface area contributed by atoms with Gasteiger partial charge in [-0.1, -0.05) is 17.7 Å². The number of nitrogens with one attached hydrogen (secondary N) is 2. The summed E-state index contributed by atoms with van der Waals surface area (Å²) in [5, 5.41) is 10.4. The molecule has 152 valence electrons. The van der Waals surface area contributed by atoms with Gasteiger partial charge >= 0.3 is 0 Å². The van der Waals surface area contributed by atoms with Crippen molar-refractivity contribution in [2.24, 2.45) is 4.99 Å². The van der Waals surface area contributed by atoms with E-state index in [4.69, 9.17) is 4.74 Å². The number of aliphatic imine (C=N–C) groups is 1. The average molecular weight is 403 g/mol. The average Bonchev–Trinajstić information content (AvgIpc) is 3.06. The summed E-state index contributed by atoms with van der Waals surface area (Å²) in [6.07, 6.45) is 0.183. The number of rotatable bonds is 5. The molecule has 0 unspecified atom stereocenters. The number of anilines is 3. The standard InChI is InChI=1S/C22H21N5O3/c1-13-4-6-15(7-5-13)22(29)25-19-20(24-16-8-10-17(30-3)11-9-16)26-27-18(28)12-14(2)23-21(19)27/h4-11H,12H2,1-3H3,(H,24,26)(H,25,29). The van der Waals surface area contributed by atoms with Crippen LogP contribution in [0.3, 0.4) is 0 Å². The third kappa shape index (κ3) is 3.80. The number of methoxy groups -OCH3 is 1. The van der Waals surface area contributed by atoms with Crippen LogP contribution in [0, 0.1) is 6.92 Å². The zero-order valence-electron chi connectivity index (χ0n) is 16.9. The van der Waals surface area contributed by atoms with Crippen LogP contribution in [-0.4, -0.2) is 34.4 Å². The summed E-state index contributed by atoms with van der Waals surface area (Å²) in [6, 6.07) is 14.5. The summed E-state index contributed by atoms with van der Waals surface area (Å²) in [5.41, 5.74) is 3.30. The molecule has 8 heteroatoms. The summed E-state index contributed by atoms with van der Waals surface area (Å²) in [4.78, 5) is 29.8. The van der Waals surface area contributed by atoms with E-state index in [-0.39, 0.29) is 18.2 Å². The molecular formula is C22H21N5O3. The Balaban J connectivity index is 1.72. The molecular weight excluding hydrogens is 382 g/mol. The molecule has 0 bridgehead atoms. The van der Waals surface area contributed by atoms with Gasteiger partial charge in [0, 0.05) is 17.0 Å². The van der Waals surface area contributed by atoms with E-state index in [2.05, 4.69) is 20.7 Å². The molecule has 4 rings (SSSR count). The molecule has 2 heterocycles. The topological polar surface area (TPSA) is 97.6 Å². The number of hydrogen-bond donors (Lipinski definition) is 2. The lowest BCUT2D eigenvalue weighted by Crippen LogP contribution is -2.19. The molecule has 1 aliphatic heterocycles. The van der Waals surface area contributed by atoms with Crippen molar-refractivity contribution in [3.63, 3.8) is 0 Å². The van der Waals surface area contributed by atoms with Crippen molar-refractivity contribution >= 4 is 40.5 Å². The van der Waals surface area contributed by atoms with Crippen LogP contribution in [0.25, 0.3) is 0 Å². The van der Waals surface area contributed by atoms with Crippen LogP contribution in [0.1, 0.15) is 34.1 Å². The highest BCUT2D eigenvalue weighted by Gasteiger charge is 2.27. The first-order chi connectivity index (χ1) is 14.4. The van der Waals surface area contributed by atoms with Crippen LogP contribution >= 0.6 is 0 Å². The third-order valence-corrected chi connectivity index (χ3v) is 4.71. The Labute approximate surface area is 173 Å². The van der Waals surface area contributed by atoms with Crippen molar-refractivity contribution in [3.05, 3.63) is 59.7 Å². The van der Waals surface area contributed by atoms with Gasteiger partial charge < -0.3 is 15.4 Å². The highest BCUT2D eigenvalue weighted by molar-refractivity contribution is 6.11. The lowest BCUT2D eigenvalue weighted by atomic mass is 10.1. The van der Waals surface area contributed by atoms with E-state index < -0.39 is 0 Å². The van der Waals surface area contributed by atoms with Crippen LogP contribution in [-0.2, 0) is 0 Å². The number of carbonyl (C=O) groups excluding carboxylic acids is 2. The smallest absolute Gasteiger partial charge is 0.255 e. The maximum atomic E-state index is 12.8. The zero-order chi connectivity index (χ0) is 21.3. The minimum atomic E-state index is -0.311. The van der Waals surface area contributed by atoms with E-state index in [1.165, 1.54) is 4.68 Å². The maximum Gasteiger partial charge on any atom is 0.255 e. The Morgan fingerprint density at radius 3 is 2.43 bits per heavy atom. The van der Waals surface area contributed by atoms with E-state index in [1.54, 1.807) is 38.3 Å². The fourth-order valence-electron chi connectivity index (χ4n) is 3.10. The van der Waals surface area contributed by atoms with Crippen LogP contribution in [0.5, 0.6) is 5.75 Å². The molecule has 0 saturated heterocycles. The number of benzene rings is 2. The summed E-state index contributed by atoms with van der Waals surface area (Å²) in [6.45, 7) is 3.73. The predicted octanol–water partition coefficient (Wildman–Crippen LogP) is 4.33. The monoisotopic (exact) mass is 403 g/mol. The van der Waals surface area contributed by atoms with Crippen molar-refractivity contribution in [3.8, 4) is 5.75 Å². The molecule has 30 heavy (non-hydrogen) atoms. The number of amides is 1. The molecule has 3 aromatic rings. The van der Waals surface area contributed by atoms with Gasteiger partial charge in [-0.05, 0) is 50.2 Å². The lowest BCUT2D eigenvalue weighted by Gasteiger charge is -2.12. The van der Waals surface area contributed by atoms with Gasteiger partial charge in [0.25, 0.3) is 11.8 Å². The summed E-state index contributed by atoms with van der Waals surface area (Å²) >= 11 is 0. The van der Waals surface area contributed by atoms with Gasteiger partial charge in [0.15, 0.2) is 11.6 Å². The van der Waals surface area contributed by atoms with Gasteiger partial charge in [-0.25, -0.2) is 4.99 Å². The summed E-state index contributed by atoms with van der Waals surface area (Å²) in [7, 11) is 1.59. The second-order valence-corrected chi connectivity index (χ2v) is 7.05. The largest absolute Gasteiger partial charge is 0.497 e. The highest BCUT2D eigenvalue weighted by Crippen LogP contribution is 2.37. The molecule has 0 aliphatic carbocycles. The van der Waals surface area contributed by atoms with E-state index in [9.17, 15) is 9.59 Å². The molecule has 0 spiro atoms. The number of ether oxygens (including phenoxy) is 1. The van der Waals surface area contributed by atoms with Crippen molar-refractivity contribution in [1.29, 1.82) is 0 Å². The molecule has 1 aliphatic rings. The van der Waals surface area contributed by atoms with Crippen LogP contribution in [0.4, 0.5) is 23.0 Å². The zero-order valence-corrected chi connectivity index (χ0v) is 16.9. The molecule has 2 N–H and O–H groups in total. The molecule has 1 aromatic heterocycles. The number of carbonyl (C=O) groups is 2. The minimum Gasteiger partial charge on any atom is -0.497 e. The molecule has 0 fully saturated rings. The Kier molecular flexibility index (Phi) is 5.05. The number of nitrogens with zero attached hydrogens (tertiary/aromatic N) is 3. The normalized spacial score (nSPS) is 12.8. The van der Waals surface area contributed by atoms with Gasteiger partial charge in [-0.2, -0.15) is 4.68 Å². The SMILES string of the molecule is COc1ccc(Nc2nn3c(c2NC(=O)c2ccc(C)cc2)N=C(C)CC3=O)cc1. The number of hydrogen-bond acceptors (Lipinski definition) is 6. The quantitative estimate of drug-likeness (QED) is 0.661. The van der Waals surface area contributed by atoms with E-state index in [0.29, 0.717) is 34.3 Å². The van der Waals surface area contributed by atoms with Crippen LogP contribution < -0.4 is 15.4 Å². The lowest BCUT2D eigenvalue weighted by molar-refractivity contribution is 0.0905. The van der Waals surface area contributed by atoms with Gasteiger partial charge in [-0.3, -0.25) is 9.59 Å². The fourth-order valence-corrected chi connectivity index (χ4v) is 3.10. The molecule has 8 nitrogen and oxygen atoms in total.